The average Bonchev–Trinajstić information content (AvgIpc) is 3.41. The van der Waals surface area contributed by atoms with Crippen LogP contribution in [0, 0.1) is 0 Å². The number of hydrogen-bond acceptors (Lipinski definition) is 6. The fraction of sp³-hybridized carbons (Fsp3) is 0.316. The highest BCUT2D eigenvalue weighted by Crippen LogP contribution is 2.30. The summed E-state index contributed by atoms with van der Waals surface area (Å²) in [5.41, 5.74) is 2.12. The molecular weight excluding hydrogens is 316 g/mol. The molecule has 1 aliphatic carbocycles. The van der Waals surface area contributed by atoms with Gasteiger partial charge in [-0.1, -0.05) is 17.3 Å². The Labute approximate surface area is 146 Å². The predicted molar refractivity (Wildman–Crippen MR) is 92.8 cm³/mol. The van der Waals surface area contributed by atoms with Crippen LogP contribution in [0.15, 0.2) is 53.3 Å². The van der Waals surface area contributed by atoms with Crippen LogP contribution in [0.25, 0.3) is 11.4 Å². The summed E-state index contributed by atoms with van der Waals surface area (Å²) in [7, 11) is 1.68. The topological polar surface area (TPSA) is 64.3 Å². The molecule has 0 atom stereocenters. The van der Waals surface area contributed by atoms with Crippen molar-refractivity contribution in [3.05, 3.63) is 60.2 Å². The van der Waals surface area contributed by atoms with Crippen molar-refractivity contribution in [2.24, 2.45) is 0 Å². The Bertz CT molecular complexity index is 813. The molecule has 1 fully saturated rings. The lowest BCUT2D eigenvalue weighted by atomic mass is 10.2. The highest BCUT2D eigenvalue weighted by atomic mass is 16.5. The molecule has 1 aliphatic rings. The van der Waals surface area contributed by atoms with Crippen LogP contribution in [0.3, 0.4) is 0 Å². The van der Waals surface area contributed by atoms with Crippen LogP contribution >= 0.6 is 0 Å². The van der Waals surface area contributed by atoms with Gasteiger partial charge in [-0.15, -0.1) is 0 Å². The lowest BCUT2D eigenvalue weighted by Gasteiger charge is -2.20. The van der Waals surface area contributed by atoms with Gasteiger partial charge in [-0.2, -0.15) is 4.98 Å². The molecule has 0 aliphatic heterocycles. The molecule has 25 heavy (non-hydrogen) atoms. The van der Waals surface area contributed by atoms with Crippen molar-refractivity contribution in [2.45, 2.75) is 32.0 Å². The number of nitrogens with zero attached hydrogens (tertiary/aromatic N) is 4. The van der Waals surface area contributed by atoms with Gasteiger partial charge in [-0.3, -0.25) is 9.88 Å². The van der Waals surface area contributed by atoms with Crippen molar-refractivity contribution < 1.29 is 9.26 Å². The largest absolute Gasteiger partial charge is 0.497 e. The minimum absolute atomic E-state index is 0.586. The fourth-order valence-corrected chi connectivity index (χ4v) is 2.82. The number of ether oxygens (including phenoxy) is 1. The normalized spacial score (nSPS) is 14.0. The van der Waals surface area contributed by atoms with E-state index in [9.17, 15) is 0 Å². The van der Waals surface area contributed by atoms with E-state index < -0.39 is 0 Å². The van der Waals surface area contributed by atoms with Gasteiger partial charge in [0.1, 0.15) is 5.75 Å². The molecule has 3 aromatic rings. The Morgan fingerprint density at radius 2 is 2.00 bits per heavy atom. The van der Waals surface area contributed by atoms with Crippen LogP contribution in [0.4, 0.5) is 0 Å². The van der Waals surface area contributed by atoms with Gasteiger partial charge < -0.3 is 9.26 Å². The quantitative estimate of drug-likeness (QED) is 0.659. The Morgan fingerprint density at radius 1 is 1.16 bits per heavy atom. The smallest absolute Gasteiger partial charge is 0.241 e. The van der Waals surface area contributed by atoms with Gasteiger partial charge in [0.05, 0.1) is 13.7 Å². The predicted octanol–water partition coefficient (Wildman–Crippen LogP) is 3.30. The van der Waals surface area contributed by atoms with E-state index in [1.165, 1.54) is 18.4 Å². The molecule has 0 radical (unpaired) electrons. The highest BCUT2D eigenvalue weighted by Gasteiger charge is 2.30. The molecule has 0 N–H and O–H groups in total. The van der Waals surface area contributed by atoms with Crippen LogP contribution in [0.5, 0.6) is 5.75 Å². The van der Waals surface area contributed by atoms with E-state index in [2.05, 4.69) is 32.2 Å². The molecule has 0 spiro atoms. The zero-order valence-corrected chi connectivity index (χ0v) is 14.1. The second-order valence-electron chi connectivity index (χ2n) is 6.24. The fourth-order valence-electron chi connectivity index (χ4n) is 2.82. The molecule has 0 unspecified atom stereocenters. The van der Waals surface area contributed by atoms with E-state index in [1.54, 1.807) is 19.5 Å². The third kappa shape index (κ3) is 3.85. The van der Waals surface area contributed by atoms with E-state index >= 15 is 0 Å². The highest BCUT2D eigenvalue weighted by molar-refractivity contribution is 5.51. The van der Waals surface area contributed by atoms with Gasteiger partial charge in [0.25, 0.3) is 0 Å². The van der Waals surface area contributed by atoms with Crippen LogP contribution < -0.4 is 4.74 Å². The number of methoxy groups -OCH3 is 1. The van der Waals surface area contributed by atoms with Gasteiger partial charge in [0.2, 0.25) is 11.7 Å². The van der Waals surface area contributed by atoms with Crippen molar-refractivity contribution >= 4 is 0 Å². The van der Waals surface area contributed by atoms with Crippen LogP contribution in [0.2, 0.25) is 0 Å². The third-order valence-electron chi connectivity index (χ3n) is 4.33. The second kappa shape index (κ2) is 7.03. The summed E-state index contributed by atoms with van der Waals surface area (Å²) in [5, 5.41) is 4.08. The Hall–Kier alpha value is -2.73. The Morgan fingerprint density at radius 3 is 2.68 bits per heavy atom. The van der Waals surface area contributed by atoms with E-state index in [4.69, 9.17) is 9.26 Å². The van der Waals surface area contributed by atoms with Crippen LogP contribution in [-0.2, 0) is 13.1 Å². The number of benzene rings is 1. The van der Waals surface area contributed by atoms with E-state index in [0.29, 0.717) is 24.3 Å². The zero-order valence-electron chi connectivity index (χ0n) is 14.1. The molecule has 0 saturated heterocycles. The number of aromatic nitrogens is 3. The Kier molecular flexibility index (Phi) is 4.43. The summed E-state index contributed by atoms with van der Waals surface area (Å²) in [6.07, 6.45) is 5.92. The third-order valence-corrected chi connectivity index (χ3v) is 4.33. The molecular formula is C19H20N4O2. The maximum Gasteiger partial charge on any atom is 0.241 e. The maximum absolute atomic E-state index is 5.45. The molecule has 6 nitrogen and oxygen atoms in total. The summed E-state index contributed by atoms with van der Waals surface area (Å²) in [4.78, 5) is 11.0. The molecule has 2 heterocycles. The summed E-state index contributed by atoms with van der Waals surface area (Å²) < 4.78 is 10.7. The van der Waals surface area contributed by atoms with E-state index in [1.807, 2.05) is 24.3 Å². The molecule has 128 valence electrons. The zero-order chi connectivity index (χ0) is 17.1. The first-order valence-corrected chi connectivity index (χ1v) is 8.42. The summed E-state index contributed by atoms with van der Waals surface area (Å²) in [6.45, 7) is 1.52. The summed E-state index contributed by atoms with van der Waals surface area (Å²) in [5.74, 6) is 2.10. The van der Waals surface area contributed by atoms with Gasteiger partial charge >= 0.3 is 0 Å². The van der Waals surface area contributed by atoms with Crippen molar-refractivity contribution in [3.8, 4) is 17.1 Å². The number of rotatable bonds is 7. The summed E-state index contributed by atoms with van der Waals surface area (Å²) in [6, 6.07) is 12.6. The molecule has 1 aromatic carbocycles. The molecule has 6 heteroatoms. The SMILES string of the molecule is COc1ccc(CN(Cc2nc(-c3cccnc3)no2)C2CC2)cc1. The molecule has 1 saturated carbocycles. The number of pyridine rings is 1. The van der Waals surface area contributed by atoms with E-state index in [-0.39, 0.29) is 0 Å². The first-order chi connectivity index (χ1) is 12.3. The van der Waals surface area contributed by atoms with Crippen molar-refractivity contribution in [1.82, 2.24) is 20.0 Å². The van der Waals surface area contributed by atoms with Crippen LogP contribution in [0.1, 0.15) is 24.3 Å². The first kappa shape index (κ1) is 15.8. The summed E-state index contributed by atoms with van der Waals surface area (Å²) >= 11 is 0. The van der Waals surface area contributed by atoms with Crippen LogP contribution in [-0.4, -0.2) is 33.2 Å². The molecule has 2 aromatic heterocycles. The van der Waals surface area contributed by atoms with Crippen molar-refractivity contribution in [1.29, 1.82) is 0 Å². The minimum atomic E-state index is 0.586. The molecule has 0 bridgehead atoms. The maximum atomic E-state index is 5.45. The van der Waals surface area contributed by atoms with Crippen molar-refractivity contribution in [2.75, 3.05) is 7.11 Å². The van der Waals surface area contributed by atoms with Gasteiger partial charge in [-0.25, -0.2) is 0 Å². The monoisotopic (exact) mass is 336 g/mol. The van der Waals surface area contributed by atoms with E-state index in [0.717, 1.165) is 17.9 Å². The van der Waals surface area contributed by atoms with Crippen molar-refractivity contribution in [3.63, 3.8) is 0 Å². The minimum Gasteiger partial charge on any atom is -0.497 e. The second-order valence-corrected chi connectivity index (χ2v) is 6.24. The van der Waals surface area contributed by atoms with Gasteiger partial charge in [-0.05, 0) is 42.7 Å². The molecule has 4 rings (SSSR count). The standard InChI is InChI=1S/C19H20N4O2/c1-24-17-8-4-14(5-9-17)12-23(16-6-7-16)13-18-21-19(22-25-18)15-3-2-10-20-11-15/h2-5,8-11,16H,6-7,12-13H2,1H3. The number of hydrogen-bond donors (Lipinski definition) is 0. The lowest BCUT2D eigenvalue weighted by Crippen LogP contribution is -2.25. The average molecular weight is 336 g/mol. The lowest BCUT2D eigenvalue weighted by molar-refractivity contribution is 0.209. The van der Waals surface area contributed by atoms with Gasteiger partial charge in [0.15, 0.2) is 0 Å². The first-order valence-electron chi connectivity index (χ1n) is 8.42. The molecule has 0 amide bonds. The Balaban J connectivity index is 1.46. The van der Waals surface area contributed by atoms with Gasteiger partial charge in [0, 0.05) is 30.5 Å².